The molecule has 2 aromatic rings. The lowest BCUT2D eigenvalue weighted by Crippen LogP contribution is -2.24. The van der Waals surface area contributed by atoms with Gasteiger partial charge in [0.05, 0.1) is 11.4 Å². The summed E-state index contributed by atoms with van der Waals surface area (Å²) < 4.78 is 0. The summed E-state index contributed by atoms with van der Waals surface area (Å²) in [5.74, 6) is 10.5. The first-order chi connectivity index (χ1) is 8.29. The van der Waals surface area contributed by atoms with Crippen LogP contribution in [-0.4, -0.2) is 7.05 Å². The summed E-state index contributed by atoms with van der Waals surface area (Å²) in [6.07, 6.45) is 0. The summed E-state index contributed by atoms with van der Waals surface area (Å²) in [6, 6.07) is 19.7. The number of hydrazine groups is 2. The number of para-hydroxylation sites is 2. The third-order valence-corrected chi connectivity index (χ3v) is 2.07. The van der Waals surface area contributed by atoms with E-state index >= 15 is 0 Å². The van der Waals surface area contributed by atoms with Crippen LogP contribution in [0.4, 0.5) is 11.4 Å². The lowest BCUT2D eigenvalue weighted by Gasteiger charge is -2.18. The number of hydrogen-bond acceptors (Lipinski definition) is 4. The molecule has 4 heteroatoms. The van der Waals surface area contributed by atoms with Gasteiger partial charge in [-0.15, -0.1) is 0 Å². The minimum absolute atomic E-state index is 0.985. The van der Waals surface area contributed by atoms with Crippen molar-refractivity contribution in [2.24, 2.45) is 11.7 Å². The molecule has 0 aliphatic heterocycles. The van der Waals surface area contributed by atoms with E-state index in [4.69, 9.17) is 5.84 Å². The molecule has 0 radical (unpaired) electrons. The topological polar surface area (TPSA) is 67.3 Å². The van der Waals surface area contributed by atoms with E-state index in [1.54, 1.807) is 12.1 Å². The molecule has 0 unspecified atom stereocenters. The van der Waals surface area contributed by atoms with Gasteiger partial charge in [0.1, 0.15) is 0 Å². The van der Waals surface area contributed by atoms with Crippen LogP contribution in [0.3, 0.4) is 0 Å². The van der Waals surface area contributed by atoms with Crippen LogP contribution in [0.5, 0.6) is 0 Å². The normalized spacial score (nSPS) is 9.12. The lowest BCUT2D eigenvalue weighted by molar-refractivity contribution is 0.900. The first kappa shape index (κ1) is 13.2. The molecule has 0 heterocycles. The minimum atomic E-state index is 0.985. The van der Waals surface area contributed by atoms with E-state index in [0.717, 1.165) is 11.4 Å². The van der Waals surface area contributed by atoms with Crippen molar-refractivity contribution in [3.63, 3.8) is 0 Å². The Balaban J connectivity index is 0.000000437. The van der Waals surface area contributed by atoms with Crippen molar-refractivity contribution in [1.82, 2.24) is 5.43 Å². The van der Waals surface area contributed by atoms with Gasteiger partial charge in [-0.2, -0.15) is 0 Å². The highest BCUT2D eigenvalue weighted by Gasteiger charge is 2.01. The number of nitrogens with one attached hydrogen (secondary N) is 1. The molecule has 4 nitrogen and oxygen atoms in total. The summed E-state index contributed by atoms with van der Waals surface area (Å²) in [7, 11) is 1.65. The number of hydrogen-bond donors (Lipinski definition) is 3. The van der Waals surface area contributed by atoms with Gasteiger partial charge in [0.2, 0.25) is 0 Å². The molecule has 2 aromatic carbocycles. The first-order valence-corrected chi connectivity index (χ1v) is 5.32. The number of benzene rings is 2. The standard InChI is InChI=1S/C12H12N2.CH6N2/c13-14(11-7-3-1-4-8-11)12-9-5-2-6-10-12;1-3-2/h1-10H,13H2;3H,2H2,1H3. The molecule has 0 spiro atoms. The van der Waals surface area contributed by atoms with Gasteiger partial charge in [0, 0.05) is 0 Å². The highest BCUT2D eigenvalue weighted by Crippen LogP contribution is 2.20. The predicted octanol–water partition coefficient (Wildman–Crippen LogP) is 1.78. The number of nitrogens with two attached hydrogens (primary N) is 2. The smallest absolute Gasteiger partial charge is 0.0575 e. The zero-order valence-corrected chi connectivity index (χ0v) is 9.88. The highest BCUT2D eigenvalue weighted by atomic mass is 15.4. The third-order valence-electron chi connectivity index (χ3n) is 2.07. The van der Waals surface area contributed by atoms with Gasteiger partial charge in [0.25, 0.3) is 0 Å². The molecule has 0 aliphatic rings. The predicted molar refractivity (Wildman–Crippen MR) is 72.5 cm³/mol. The monoisotopic (exact) mass is 230 g/mol. The van der Waals surface area contributed by atoms with Crippen LogP contribution < -0.4 is 22.1 Å². The summed E-state index contributed by atoms with van der Waals surface area (Å²) in [5, 5.41) is 1.67. The van der Waals surface area contributed by atoms with Crippen molar-refractivity contribution < 1.29 is 0 Å². The zero-order valence-electron chi connectivity index (χ0n) is 9.88. The third kappa shape index (κ3) is 4.24. The van der Waals surface area contributed by atoms with Gasteiger partial charge >= 0.3 is 0 Å². The zero-order chi connectivity index (χ0) is 12.5. The molecular formula is C13H18N4. The number of nitrogens with zero attached hydrogens (tertiary/aromatic N) is 1. The van der Waals surface area contributed by atoms with Crippen molar-refractivity contribution in [1.29, 1.82) is 0 Å². The molecule has 0 saturated carbocycles. The van der Waals surface area contributed by atoms with E-state index in [1.165, 1.54) is 0 Å². The van der Waals surface area contributed by atoms with E-state index in [1.807, 2.05) is 60.7 Å². The van der Waals surface area contributed by atoms with Crippen LogP contribution in [-0.2, 0) is 0 Å². The van der Waals surface area contributed by atoms with Crippen LogP contribution in [0.25, 0.3) is 0 Å². The van der Waals surface area contributed by atoms with Crippen LogP contribution >= 0.6 is 0 Å². The van der Waals surface area contributed by atoms with Gasteiger partial charge in [-0.05, 0) is 31.3 Å². The Hall–Kier alpha value is -1.88. The maximum atomic E-state index is 5.95. The summed E-state index contributed by atoms with van der Waals surface area (Å²) in [6.45, 7) is 0. The minimum Gasteiger partial charge on any atom is -0.280 e. The second kappa shape index (κ2) is 7.40. The van der Waals surface area contributed by atoms with Gasteiger partial charge in [0.15, 0.2) is 0 Å². The van der Waals surface area contributed by atoms with E-state index in [0.29, 0.717) is 0 Å². The lowest BCUT2D eigenvalue weighted by atomic mass is 10.2. The van der Waals surface area contributed by atoms with E-state index in [-0.39, 0.29) is 0 Å². The Morgan fingerprint density at radius 1 is 0.824 bits per heavy atom. The first-order valence-electron chi connectivity index (χ1n) is 5.32. The molecule has 0 saturated heterocycles. The average Bonchev–Trinajstić information content (AvgIpc) is 2.41. The number of rotatable bonds is 2. The van der Waals surface area contributed by atoms with Gasteiger partial charge in [-0.25, -0.2) is 5.84 Å². The Morgan fingerprint density at radius 2 is 1.12 bits per heavy atom. The largest absolute Gasteiger partial charge is 0.280 e. The molecule has 0 amide bonds. The fourth-order valence-corrected chi connectivity index (χ4v) is 1.33. The average molecular weight is 230 g/mol. The molecule has 17 heavy (non-hydrogen) atoms. The van der Waals surface area contributed by atoms with Gasteiger partial charge in [-0.1, -0.05) is 36.4 Å². The van der Waals surface area contributed by atoms with Gasteiger partial charge in [-0.3, -0.25) is 16.3 Å². The Kier molecular flexibility index (Phi) is 5.74. The van der Waals surface area contributed by atoms with E-state index < -0.39 is 0 Å². The Bertz CT molecular complexity index is 363. The maximum absolute atomic E-state index is 5.95. The fraction of sp³-hybridized carbons (Fsp3) is 0.0769. The van der Waals surface area contributed by atoms with Crippen molar-refractivity contribution in [3.05, 3.63) is 60.7 Å². The molecule has 0 fully saturated rings. The highest BCUT2D eigenvalue weighted by molar-refractivity contribution is 5.60. The van der Waals surface area contributed by atoms with Crippen LogP contribution in [0.2, 0.25) is 0 Å². The molecule has 5 N–H and O–H groups in total. The molecule has 90 valence electrons. The van der Waals surface area contributed by atoms with Gasteiger partial charge < -0.3 is 0 Å². The van der Waals surface area contributed by atoms with Crippen molar-refractivity contribution in [2.45, 2.75) is 0 Å². The summed E-state index contributed by atoms with van der Waals surface area (Å²) >= 11 is 0. The molecule has 0 bridgehead atoms. The van der Waals surface area contributed by atoms with Crippen LogP contribution in [0.1, 0.15) is 0 Å². The Morgan fingerprint density at radius 3 is 1.41 bits per heavy atom. The van der Waals surface area contributed by atoms with E-state index in [2.05, 4.69) is 11.3 Å². The summed E-state index contributed by atoms with van der Waals surface area (Å²) in [5.41, 5.74) is 4.22. The maximum Gasteiger partial charge on any atom is 0.0575 e. The van der Waals surface area contributed by atoms with Crippen molar-refractivity contribution in [3.8, 4) is 0 Å². The molecular weight excluding hydrogens is 212 g/mol. The summed E-state index contributed by atoms with van der Waals surface area (Å²) in [4.78, 5) is 0. The molecule has 0 atom stereocenters. The second-order valence-corrected chi connectivity index (χ2v) is 3.33. The van der Waals surface area contributed by atoms with Crippen LogP contribution in [0, 0.1) is 0 Å². The fourth-order valence-electron chi connectivity index (χ4n) is 1.33. The second-order valence-electron chi connectivity index (χ2n) is 3.33. The van der Waals surface area contributed by atoms with Crippen molar-refractivity contribution >= 4 is 11.4 Å². The molecule has 2 rings (SSSR count). The van der Waals surface area contributed by atoms with Crippen LogP contribution in [0.15, 0.2) is 60.7 Å². The Labute approximate surface area is 102 Å². The van der Waals surface area contributed by atoms with Crippen molar-refractivity contribution in [2.75, 3.05) is 12.1 Å². The molecule has 0 aliphatic carbocycles. The van der Waals surface area contributed by atoms with E-state index in [9.17, 15) is 0 Å². The SMILES string of the molecule is CNN.NN(c1ccccc1)c1ccccc1. The molecule has 0 aromatic heterocycles. The quantitative estimate of drug-likeness (QED) is 0.543. The number of anilines is 2.